The highest BCUT2D eigenvalue weighted by molar-refractivity contribution is 7.14. The average molecular weight is 303 g/mol. The molecule has 0 saturated heterocycles. The Bertz CT molecular complexity index is 628. The van der Waals surface area contributed by atoms with Crippen LogP contribution in [0.15, 0.2) is 29.9 Å². The van der Waals surface area contributed by atoms with Crippen molar-refractivity contribution in [3.63, 3.8) is 0 Å². The predicted molar refractivity (Wildman–Crippen MR) is 82.1 cm³/mol. The number of aromatic nitrogens is 2. The lowest BCUT2D eigenvalue weighted by molar-refractivity contribution is -0.115. The molecule has 0 spiro atoms. The summed E-state index contributed by atoms with van der Waals surface area (Å²) in [5, 5.41) is 21.4. The van der Waals surface area contributed by atoms with E-state index in [1.807, 2.05) is 36.9 Å². The first kappa shape index (κ1) is 15.2. The van der Waals surface area contributed by atoms with Crippen LogP contribution < -0.4 is 10.6 Å². The van der Waals surface area contributed by atoms with Gasteiger partial charge < -0.3 is 10.6 Å². The summed E-state index contributed by atoms with van der Waals surface area (Å²) in [6.07, 6.45) is 3.63. The second kappa shape index (κ2) is 7.02. The summed E-state index contributed by atoms with van der Waals surface area (Å²) >= 11 is 1.34. The molecule has 0 radical (unpaired) electrons. The number of hydrogen-bond acceptors (Lipinski definition) is 5. The summed E-state index contributed by atoms with van der Waals surface area (Å²) in [4.78, 5) is 11.9. The number of hydrogen-bond donors (Lipinski definition) is 2. The quantitative estimate of drug-likeness (QED) is 0.855. The zero-order chi connectivity index (χ0) is 15.2. The molecule has 2 N–H and O–H groups in total. The van der Waals surface area contributed by atoms with E-state index in [0.717, 1.165) is 0 Å². The third kappa shape index (κ3) is 3.90. The number of rotatable bonds is 6. The van der Waals surface area contributed by atoms with Gasteiger partial charge in [0.25, 0.3) is 0 Å². The molecule has 0 aliphatic rings. The van der Waals surface area contributed by atoms with Crippen molar-refractivity contribution in [1.29, 1.82) is 5.26 Å². The molecule has 2 aromatic rings. The van der Waals surface area contributed by atoms with Crippen molar-refractivity contribution in [2.75, 3.05) is 11.9 Å². The Kier molecular flexibility index (Phi) is 5.09. The molecule has 2 atom stereocenters. The maximum absolute atomic E-state index is 11.9. The van der Waals surface area contributed by atoms with Gasteiger partial charge in [-0.1, -0.05) is 0 Å². The lowest BCUT2D eigenvalue weighted by Crippen LogP contribution is -2.39. The summed E-state index contributed by atoms with van der Waals surface area (Å²) in [5.74, 6) is -0.159. The first-order chi connectivity index (χ1) is 10.1. The first-order valence-electron chi connectivity index (χ1n) is 6.61. The van der Waals surface area contributed by atoms with Crippen molar-refractivity contribution in [2.45, 2.75) is 25.9 Å². The van der Waals surface area contributed by atoms with Crippen LogP contribution in [0.25, 0.3) is 0 Å². The standard InChI is InChI=1S/C14H17N5OS/c1-10(11(2)19-6-3-5-17-19)16-9-13(20)18-14-12(8-15)4-7-21-14/h3-7,10-11,16H,9H2,1-2H3,(H,18,20)/t10-,11-/m0/s1. The van der Waals surface area contributed by atoms with E-state index in [-0.39, 0.29) is 24.5 Å². The zero-order valence-electron chi connectivity index (χ0n) is 11.9. The minimum Gasteiger partial charge on any atom is -0.315 e. The molecule has 0 aliphatic carbocycles. The van der Waals surface area contributed by atoms with E-state index in [0.29, 0.717) is 10.6 Å². The minimum absolute atomic E-state index is 0.0921. The molecule has 0 bridgehead atoms. The fraction of sp³-hybridized carbons (Fsp3) is 0.357. The van der Waals surface area contributed by atoms with Gasteiger partial charge in [0.2, 0.25) is 5.91 Å². The summed E-state index contributed by atoms with van der Waals surface area (Å²) in [7, 11) is 0. The summed E-state index contributed by atoms with van der Waals surface area (Å²) in [6.45, 7) is 4.23. The fourth-order valence-corrected chi connectivity index (χ4v) is 2.59. The average Bonchev–Trinajstić information content (AvgIpc) is 3.14. The summed E-state index contributed by atoms with van der Waals surface area (Å²) < 4.78 is 1.85. The molecule has 0 fully saturated rings. The maximum Gasteiger partial charge on any atom is 0.238 e. The topological polar surface area (TPSA) is 82.7 Å². The van der Waals surface area contributed by atoms with Gasteiger partial charge in [0.15, 0.2) is 0 Å². The van der Waals surface area contributed by atoms with Crippen molar-refractivity contribution in [1.82, 2.24) is 15.1 Å². The monoisotopic (exact) mass is 303 g/mol. The minimum atomic E-state index is -0.159. The predicted octanol–water partition coefficient (Wildman–Crippen LogP) is 1.99. The number of nitriles is 1. The van der Waals surface area contributed by atoms with Crippen LogP contribution in [-0.4, -0.2) is 28.3 Å². The molecule has 1 amide bonds. The van der Waals surface area contributed by atoms with Crippen LogP contribution in [0.4, 0.5) is 5.00 Å². The van der Waals surface area contributed by atoms with E-state index < -0.39 is 0 Å². The summed E-state index contributed by atoms with van der Waals surface area (Å²) in [5.41, 5.74) is 0.492. The second-order valence-corrected chi connectivity index (χ2v) is 5.64. The Balaban J connectivity index is 1.83. The Hall–Kier alpha value is -2.17. The molecule has 0 aromatic carbocycles. The zero-order valence-corrected chi connectivity index (χ0v) is 12.7. The molecular formula is C14H17N5OS. The molecule has 0 aliphatic heterocycles. The van der Waals surface area contributed by atoms with Crippen LogP contribution in [0, 0.1) is 11.3 Å². The van der Waals surface area contributed by atoms with Crippen molar-refractivity contribution in [3.05, 3.63) is 35.5 Å². The molecule has 6 nitrogen and oxygen atoms in total. The lowest BCUT2D eigenvalue weighted by atomic mass is 10.2. The van der Waals surface area contributed by atoms with Gasteiger partial charge in [0.1, 0.15) is 11.1 Å². The Morgan fingerprint density at radius 1 is 1.57 bits per heavy atom. The Morgan fingerprint density at radius 2 is 2.38 bits per heavy atom. The van der Waals surface area contributed by atoms with Gasteiger partial charge in [0.05, 0.1) is 18.2 Å². The van der Waals surface area contributed by atoms with E-state index in [9.17, 15) is 4.79 Å². The first-order valence-corrected chi connectivity index (χ1v) is 7.49. The molecule has 0 unspecified atom stereocenters. The van der Waals surface area contributed by atoms with Crippen LogP contribution in [0.2, 0.25) is 0 Å². The largest absolute Gasteiger partial charge is 0.315 e. The third-order valence-corrected chi connectivity index (χ3v) is 4.12. The van der Waals surface area contributed by atoms with Gasteiger partial charge >= 0.3 is 0 Å². The molecule has 2 aromatic heterocycles. The van der Waals surface area contributed by atoms with Crippen molar-refractivity contribution in [3.8, 4) is 6.07 Å². The van der Waals surface area contributed by atoms with Crippen LogP contribution >= 0.6 is 11.3 Å². The van der Waals surface area contributed by atoms with Gasteiger partial charge in [-0.15, -0.1) is 11.3 Å². The smallest absolute Gasteiger partial charge is 0.238 e. The number of carbonyl (C=O) groups is 1. The van der Waals surface area contributed by atoms with Gasteiger partial charge in [-0.2, -0.15) is 10.4 Å². The molecule has 110 valence electrons. The van der Waals surface area contributed by atoms with E-state index in [1.54, 1.807) is 17.6 Å². The van der Waals surface area contributed by atoms with Gasteiger partial charge in [-0.25, -0.2) is 0 Å². The highest BCUT2D eigenvalue weighted by atomic mass is 32.1. The van der Waals surface area contributed by atoms with Crippen molar-refractivity contribution >= 4 is 22.2 Å². The molecule has 2 rings (SSSR count). The number of carbonyl (C=O) groups excluding carboxylic acids is 1. The summed E-state index contributed by atoms with van der Waals surface area (Å²) in [6, 6.07) is 5.84. The Morgan fingerprint density at radius 3 is 3.05 bits per heavy atom. The van der Waals surface area contributed by atoms with E-state index in [1.165, 1.54) is 11.3 Å². The SMILES string of the molecule is C[C@H](NCC(=O)Nc1sccc1C#N)[C@H](C)n1cccn1. The molecular weight excluding hydrogens is 286 g/mol. The molecule has 7 heteroatoms. The van der Waals surface area contributed by atoms with E-state index in [4.69, 9.17) is 5.26 Å². The maximum atomic E-state index is 11.9. The number of thiophene rings is 1. The van der Waals surface area contributed by atoms with Crippen molar-refractivity contribution in [2.24, 2.45) is 0 Å². The molecule has 21 heavy (non-hydrogen) atoms. The van der Waals surface area contributed by atoms with Gasteiger partial charge in [-0.3, -0.25) is 9.48 Å². The van der Waals surface area contributed by atoms with E-state index >= 15 is 0 Å². The molecule has 2 heterocycles. The van der Waals surface area contributed by atoms with Gasteiger partial charge in [0, 0.05) is 18.4 Å². The number of nitrogens with one attached hydrogen (secondary N) is 2. The van der Waals surface area contributed by atoms with Crippen LogP contribution in [-0.2, 0) is 4.79 Å². The number of amides is 1. The number of nitrogens with zero attached hydrogens (tertiary/aromatic N) is 3. The van der Waals surface area contributed by atoms with Crippen LogP contribution in [0.5, 0.6) is 0 Å². The highest BCUT2D eigenvalue weighted by Crippen LogP contribution is 2.21. The second-order valence-electron chi connectivity index (χ2n) is 4.72. The van der Waals surface area contributed by atoms with E-state index in [2.05, 4.69) is 15.7 Å². The Labute approximate surface area is 127 Å². The number of anilines is 1. The van der Waals surface area contributed by atoms with Crippen LogP contribution in [0.1, 0.15) is 25.5 Å². The normalized spacial score (nSPS) is 13.4. The third-order valence-electron chi connectivity index (χ3n) is 3.29. The fourth-order valence-electron chi connectivity index (χ4n) is 1.84. The molecule has 0 saturated carbocycles. The van der Waals surface area contributed by atoms with Crippen molar-refractivity contribution < 1.29 is 4.79 Å². The highest BCUT2D eigenvalue weighted by Gasteiger charge is 2.15. The van der Waals surface area contributed by atoms with Crippen LogP contribution in [0.3, 0.4) is 0 Å². The van der Waals surface area contributed by atoms with Gasteiger partial charge in [-0.05, 0) is 31.4 Å². The lowest BCUT2D eigenvalue weighted by Gasteiger charge is -2.21.